The number of hydrogen-bond donors (Lipinski definition) is 2. The monoisotopic (exact) mass is 305 g/mol. The number of fused-ring (bicyclic) bond motifs is 1. The smallest absolute Gasteiger partial charge is 0.188 e. The minimum atomic E-state index is 0.259. The first kappa shape index (κ1) is 14.7. The van der Waals surface area contributed by atoms with E-state index in [0.29, 0.717) is 17.8 Å². The zero-order chi connectivity index (χ0) is 14.5. The van der Waals surface area contributed by atoms with Gasteiger partial charge in [0.05, 0.1) is 12.6 Å². The van der Waals surface area contributed by atoms with E-state index in [2.05, 4.69) is 34.6 Å². The molecule has 2 aliphatic rings. The number of hydrogen-bond acceptors (Lipinski definition) is 3. The number of aliphatic imine (C=N–C) groups is 1. The third-order valence-corrected chi connectivity index (χ3v) is 5.31. The highest BCUT2D eigenvalue weighted by Gasteiger charge is 2.20. The highest BCUT2D eigenvalue weighted by atomic mass is 32.2. The molecule has 0 aliphatic carbocycles. The quantitative estimate of drug-likeness (QED) is 0.661. The van der Waals surface area contributed by atoms with Gasteiger partial charge in [-0.15, -0.1) is 0 Å². The maximum absolute atomic E-state index is 5.96. The topological polar surface area (TPSA) is 59.6 Å². The second-order valence-electron chi connectivity index (χ2n) is 5.55. The predicted molar refractivity (Wildman–Crippen MR) is 88.8 cm³/mol. The van der Waals surface area contributed by atoms with Crippen LogP contribution in [0.25, 0.3) is 0 Å². The molecule has 114 valence electrons. The van der Waals surface area contributed by atoms with Crippen molar-refractivity contribution in [2.45, 2.75) is 30.6 Å². The SMILES string of the molecule is NC(=NCC1CCCO1)NCC1SCCc2ccccc21. The van der Waals surface area contributed by atoms with Crippen LogP contribution in [0.1, 0.15) is 29.2 Å². The molecule has 5 heteroatoms. The standard InChI is InChI=1S/C16H23N3OS/c17-16(18-10-13-5-3-8-20-13)19-11-15-14-6-2-1-4-12(14)7-9-21-15/h1-2,4,6,13,15H,3,5,7-11H2,(H3,17,18,19). The fourth-order valence-electron chi connectivity index (χ4n) is 2.89. The molecule has 1 aromatic rings. The lowest BCUT2D eigenvalue weighted by molar-refractivity contribution is 0.118. The molecular formula is C16H23N3OS. The summed E-state index contributed by atoms with van der Waals surface area (Å²) in [4.78, 5) is 4.40. The second kappa shape index (κ2) is 7.18. The number of guanidine groups is 1. The molecule has 1 aromatic carbocycles. The molecule has 3 N–H and O–H groups in total. The number of nitrogens with zero attached hydrogens (tertiary/aromatic N) is 1. The number of ether oxygens (including phenoxy) is 1. The Morgan fingerprint density at radius 3 is 3.19 bits per heavy atom. The fourth-order valence-corrected chi connectivity index (χ4v) is 4.12. The van der Waals surface area contributed by atoms with Crippen molar-refractivity contribution in [1.82, 2.24) is 5.32 Å². The second-order valence-corrected chi connectivity index (χ2v) is 6.86. The van der Waals surface area contributed by atoms with Gasteiger partial charge in [-0.05, 0) is 36.1 Å². The van der Waals surface area contributed by atoms with E-state index in [4.69, 9.17) is 10.5 Å². The number of nitrogens with two attached hydrogens (primary N) is 1. The van der Waals surface area contributed by atoms with E-state index in [1.165, 1.54) is 23.3 Å². The lowest BCUT2D eigenvalue weighted by Gasteiger charge is -2.25. The van der Waals surface area contributed by atoms with E-state index in [1.54, 1.807) is 0 Å². The molecule has 2 unspecified atom stereocenters. The molecule has 0 spiro atoms. The molecule has 0 amide bonds. The Balaban J connectivity index is 1.52. The summed E-state index contributed by atoms with van der Waals surface area (Å²) in [6.45, 7) is 2.37. The third-order valence-electron chi connectivity index (χ3n) is 4.05. The van der Waals surface area contributed by atoms with Crippen LogP contribution in [0.4, 0.5) is 0 Å². The predicted octanol–water partition coefficient (Wildman–Crippen LogP) is 2.10. The van der Waals surface area contributed by atoms with Gasteiger partial charge in [-0.3, -0.25) is 4.99 Å². The van der Waals surface area contributed by atoms with E-state index in [1.807, 2.05) is 11.8 Å². The van der Waals surface area contributed by atoms with Crippen LogP contribution in [0.3, 0.4) is 0 Å². The van der Waals surface area contributed by atoms with E-state index in [9.17, 15) is 0 Å². The van der Waals surface area contributed by atoms with Crippen LogP contribution in [0.5, 0.6) is 0 Å². The van der Waals surface area contributed by atoms with Crippen LogP contribution in [-0.2, 0) is 11.2 Å². The number of thioether (sulfide) groups is 1. The van der Waals surface area contributed by atoms with Crippen molar-refractivity contribution >= 4 is 17.7 Å². The maximum atomic E-state index is 5.96. The first-order valence-corrected chi connectivity index (χ1v) is 8.72. The Bertz CT molecular complexity index is 500. The zero-order valence-electron chi connectivity index (χ0n) is 12.3. The average Bonchev–Trinajstić information content (AvgIpc) is 3.04. The van der Waals surface area contributed by atoms with Crippen molar-refractivity contribution in [3.8, 4) is 0 Å². The molecule has 0 aromatic heterocycles. The van der Waals surface area contributed by atoms with Gasteiger partial charge in [0.15, 0.2) is 5.96 Å². The van der Waals surface area contributed by atoms with Gasteiger partial charge in [-0.2, -0.15) is 11.8 Å². The van der Waals surface area contributed by atoms with Crippen molar-refractivity contribution in [3.05, 3.63) is 35.4 Å². The highest BCUT2D eigenvalue weighted by molar-refractivity contribution is 7.99. The van der Waals surface area contributed by atoms with Crippen molar-refractivity contribution in [1.29, 1.82) is 0 Å². The molecular weight excluding hydrogens is 282 g/mol. The minimum absolute atomic E-state index is 0.259. The Labute approximate surface area is 130 Å². The summed E-state index contributed by atoms with van der Waals surface area (Å²) in [6, 6.07) is 8.70. The van der Waals surface area contributed by atoms with E-state index < -0.39 is 0 Å². The van der Waals surface area contributed by atoms with Gasteiger partial charge >= 0.3 is 0 Å². The minimum Gasteiger partial charge on any atom is -0.376 e. The van der Waals surface area contributed by atoms with Gasteiger partial charge in [0.1, 0.15) is 0 Å². The van der Waals surface area contributed by atoms with Gasteiger partial charge in [0.2, 0.25) is 0 Å². The Morgan fingerprint density at radius 1 is 1.43 bits per heavy atom. The molecule has 0 saturated carbocycles. The maximum Gasteiger partial charge on any atom is 0.188 e. The normalized spacial score (nSPS) is 25.6. The Morgan fingerprint density at radius 2 is 2.33 bits per heavy atom. The summed E-state index contributed by atoms with van der Waals surface area (Å²) in [5.41, 5.74) is 8.87. The van der Waals surface area contributed by atoms with Crippen LogP contribution in [0, 0.1) is 0 Å². The number of nitrogens with one attached hydrogen (secondary N) is 1. The third kappa shape index (κ3) is 3.92. The fraction of sp³-hybridized carbons (Fsp3) is 0.562. The van der Waals surface area contributed by atoms with Crippen LogP contribution in [0.2, 0.25) is 0 Å². The van der Waals surface area contributed by atoms with Gasteiger partial charge in [-0.1, -0.05) is 24.3 Å². The molecule has 21 heavy (non-hydrogen) atoms. The Kier molecular flexibility index (Phi) is 5.04. The highest BCUT2D eigenvalue weighted by Crippen LogP contribution is 2.35. The van der Waals surface area contributed by atoms with Crippen LogP contribution in [0.15, 0.2) is 29.3 Å². The zero-order valence-corrected chi connectivity index (χ0v) is 13.1. The average molecular weight is 305 g/mol. The van der Waals surface area contributed by atoms with Crippen molar-refractivity contribution in [3.63, 3.8) is 0 Å². The van der Waals surface area contributed by atoms with Gasteiger partial charge in [0, 0.05) is 18.4 Å². The molecule has 2 atom stereocenters. The lowest BCUT2D eigenvalue weighted by Crippen LogP contribution is -2.35. The summed E-state index contributed by atoms with van der Waals surface area (Å²) in [6.07, 6.45) is 3.67. The van der Waals surface area contributed by atoms with Gasteiger partial charge < -0.3 is 15.8 Å². The number of rotatable bonds is 4. The molecule has 4 nitrogen and oxygen atoms in total. The van der Waals surface area contributed by atoms with Gasteiger partial charge in [-0.25, -0.2) is 0 Å². The number of benzene rings is 1. The molecule has 1 fully saturated rings. The first-order valence-electron chi connectivity index (χ1n) is 7.68. The summed E-state index contributed by atoms with van der Waals surface area (Å²) in [5.74, 6) is 1.71. The molecule has 2 heterocycles. The van der Waals surface area contributed by atoms with Gasteiger partial charge in [0.25, 0.3) is 0 Å². The molecule has 3 rings (SSSR count). The summed E-state index contributed by atoms with van der Waals surface area (Å²) in [5, 5.41) is 3.73. The van der Waals surface area contributed by atoms with Crippen molar-refractivity contribution < 1.29 is 4.74 Å². The van der Waals surface area contributed by atoms with Crippen LogP contribution in [-0.4, -0.2) is 37.5 Å². The lowest BCUT2D eigenvalue weighted by atomic mass is 10.0. The summed E-state index contributed by atoms with van der Waals surface area (Å²) < 4.78 is 5.55. The van der Waals surface area contributed by atoms with E-state index in [-0.39, 0.29) is 6.10 Å². The van der Waals surface area contributed by atoms with E-state index in [0.717, 1.165) is 26.0 Å². The van der Waals surface area contributed by atoms with Crippen molar-refractivity contribution in [2.75, 3.05) is 25.4 Å². The summed E-state index contributed by atoms with van der Waals surface area (Å²) >= 11 is 1.99. The van der Waals surface area contributed by atoms with Crippen LogP contribution < -0.4 is 11.1 Å². The van der Waals surface area contributed by atoms with Crippen LogP contribution >= 0.6 is 11.8 Å². The van der Waals surface area contributed by atoms with E-state index >= 15 is 0 Å². The Hall–Kier alpha value is -1.20. The molecule has 0 bridgehead atoms. The largest absolute Gasteiger partial charge is 0.376 e. The van der Waals surface area contributed by atoms with Crippen molar-refractivity contribution in [2.24, 2.45) is 10.7 Å². The molecule has 1 saturated heterocycles. The summed E-state index contributed by atoms with van der Waals surface area (Å²) in [7, 11) is 0. The first-order chi connectivity index (χ1) is 10.3. The molecule has 2 aliphatic heterocycles. The number of aryl methyl sites for hydroxylation is 1. The molecule has 0 radical (unpaired) electrons.